The van der Waals surface area contributed by atoms with Gasteiger partial charge >= 0.3 is 0 Å². The Morgan fingerprint density at radius 1 is 1.03 bits per heavy atom. The highest BCUT2D eigenvalue weighted by molar-refractivity contribution is 6.42. The van der Waals surface area contributed by atoms with Crippen LogP contribution in [0.15, 0.2) is 42.5 Å². The van der Waals surface area contributed by atoms with Gasteiger partial charge in [-0.2, -0.15) is 0 Å². The lowest BCUT2D eigenvalue weighted by atomic mass is 9.92. The Hall–Kier alpha value is -1.99. The number of likely N-dealkylation sites (tertiary alicyclic amines) is 1. The zero-order valence-corrected chi connectivity index (χ0v) is 19.4. The highest BCUT2D eigenvalue weighted by Gasteiger charge is 2.35. The van der Waals surface area contributed by atoms with Crippen LogP contribution in [-0.2, 0) is 0 Å². The van der Waals surface area contributed by atoms with Crippen molar-refractivity contribution in [1.82, 2.24) is 10.2 Å². The summed E-state index contributed by atoms with van der Waals surface area (Å²) in [6, 6.07) is 12.4. The zero-order chi connectivity index (χ0) is 22.6. The molecule has 32 heavy (non-hydrogen) atoms. The average Bonchev–Trinajstić information content (AvgIpc) is 2.81. The largest absolute Gasteiger partial charge is 0.491 e. The Balaban J connectivity index is 1.27. The van der Waals surface area contributed by atoms with Crippen molar-refractivity contribution in [2.45, 2.75) is 37.4 Å². The Kier molecular flexibility index (Phi) is 7.46. The molecule has 2 fully saturated rings. The Morgan fingerprint density at radius 2 is 1.69 bits per heavy atom. The van der Waals surface area contributed by atoms with Crippen LogP contribution in [0.5, 0.6) is 11.5 Å². The summed E-state index contributed by atoms with van der Waals surface area (Å²) in [6.45, 7) is 3.01. The van der Waals surface area contributed by atoms with Crippen molar-refractivity contribution in [3.63, 3.8) is 0 Å². The number of carbonyl (C=O) groups is 1. The molecule has 8 heteroatoms. The van der Waals surface area contributed by atoms with Crippen LogP contribution < -0.4 is 14.8 Å². The molecule has 2 saturated heterocycles. The number of nitrogens with one attached hydrogen (secondary N) is 1. The van der Waals surface area contributed by atoms with Crippen LogP contribution in [0.25, 0.3) is 0 Å². The van der Waals surface area contributed by atoms with Crippen molar-refractivity contribution in [2.24, 2.45) is 0 Å². The third-order valence-electron chi connectivity index (χ3n) is 6.07. The van der Waals surface area contributed by atoms with Gasteiger partial charge in [-0.25, -0.2) is 0 Å². The fraction of sp³-hybridized carbons (Fsp3) is 0.458. The second-order valence-corrected chi connectivity index (χ2v) is 9.29. The molecule has 0 spiro atoms. The van der Waals surface area contributed by atoms with E-state index in [9.17, 15) is 9.90 Å². The van der Waals surface area contributed by atoms with Gasteiger partial charge in [0, 0.05) is 24.7 Å². The molecule has 1 amide bonds. The lowest BCUT2D eigenvalue weighted by molar-refractivity contribution is -0.0475. The molecule has 172 valence electrons. The summed E-state index contributed by atoms with van der Waals surface area (Å²) in [5.41, 5.74) is -0.365. The molecule has 4 rings (SSSR count). The number of halogens is 2. The summed E-state index contributed by atoms with van der Waals surface area (Å²) < 4.78 is 11.7. The number of carbonyl (C=O) groups excluding carboxylic acids is 1. The second kappa shape index (κ2) is 10.3. The maximum Gasteiger partial charge on any atom is 0.253 e. The smallest absolute Gasteiger partial charge is 0.253 e. The number of hydrogen-bond acceptors (Lipinski definition) is 5. The molecule has 0 atom stereocenters. The first-order chi connectivity index (χ1) is 15.4. The highest BCUT2D eigenvalue weighted by Crippen LogP contribution is 2.29. The standard InChI is InChI=1S/C24H28Cl2N2O4/c25-21-6-5-20(15-22(21)26)31-16-24(30)9-13-28(14-10-24)23(29)17-1-3-18(4-2-17)32-19-7-11-27-12-8-19/h1-6,15,19,27,30H,7-14,16H2. The minimum Gasteiger partial charge on any atom is -0.491 e. The average molecular weight is 479 g/mol. The van der Waals surface area contributed by atoms with Gasteiger partial charge < -0.3 is 24.8 Å². The van der Waals surface area contributed by atoms with E-state index < -0.39 is 5.60 Å². The van der Waals surface area contributed by atoms with Gasteiger partial charge in [0.05, 0.1) is 10.0 Å². The number of nitrogens with zero attached hydrogens (tertiary/aromatic N) is 1. The predicted octanol–water partition coefficient (Wildman–Crippen LogP) is 4.17. The van der Waals surface area contributed by atoms with Crippen molar-refractivity contribution < 1.29 is 19.4 Å². The molecule has 0 radical (unpaired) electrons. The minimum atomic E-state index is -0.991. The molecule has 2 heterocycles. The Morgan fingerprint density at radius 3 is 2.34 bits per heavy atom. The van der Waals surface area contributed by atoms with Gasteiger partial charge in [0.15, 0.2) is 0 Å². The van der Waals surface area contributed by atoms with E-state index >= 15 is 0 Å². The quantitative estimate of drug-likeness (QED) is 0.651. The van der Waals surface area contributed by atoms with Crippen LogP contribution in [0.2, 0.25) is 10.0 Å². The summed E-state index contributed by atoms with van der Waals surface area (Å²) >= 11 is 11.9. The summed E-state index contributed by atoms with van der Waals surface area (Å²) in [5.74, 6) is 1.31. The SMILES string of the molecule is O=C(c1ccc(OC2CCNCC2)cc1)N1CCC(O)(COc2ccc(Cl)c(Cl)c2)CC1. The van der Waals surface area contributed by atoms with E-state index in [0.29, 0.717) is 47.3 Å². The van der Waals surface area contributed by atoms with Crippen LogP contribution in [0.3, 0.4) is 0 Å². The van der Waals surface area contributed by atoms with Gasteiger partial charge in [-0.1, -0.05) is 23.2 Å². The Bertz CT molecular complexity index is 924. The van der Waals surface area contributed by atoms with E-state index in [0.717, 1.165) is 31.7 Å². The summed E-state index contributed by atoms with van der Waals surface area (Å²) in [7, 11) is 0. The first kappa shape index (κ1) is 23.2. The molecule has 0 aromatic heterocycles. The van der Waals surface area contributed by atoms with E-state index in [-0.39, 0.29) is 18.6 Å². The van der Waals surface area contributed by atoms with Crippen LogP contribution in [0.1, 0.15) is 36.0 Å². The van der Waals surface area contributed by atoms with Crippen molar-refractivity contribution in [2.75, 3.05) is 32.8 Å². The Labute approximate surface area is 198 Å². The van der Waals surface area contributed by atoms with Gasteiger partial charge in [-0.15, -0.1) is 0 Å². The molecule has 0 aliphatic carbocycles. The van der Waals surface area contributed by atoms with Crippen molar-refractivity contribution in [3.05, 3.63) is 58.1 Å². The van der Waals surface area contributed by atoms with Gasteiger partial charge in [-0.3, -0.25) is 4.79 Å². The normalized spacial score (nSPS) is 18.9. The number of hydrogen-bond donors (Lipinski definition) is 2. The van der Waals surface area contributed by atoms with E-state index in [4.69, 9.17) is 32.7 Å². The number of amides is 1. The van der Waals surface area contributed by atoms with Gasteiger partial charge in [0.2, 0.25) is 0 Å². The van der Waals surface area contributed by atoms with E-state index in [1.807, 2.05) is 24.3 Å². The van der Waals surface area contributed by atoms with E-state index in [1.165, 1.54) is 0 Å². The summed E-state index contributed by atoms with van der Waals surface area (Å²) in [4.78, 5) is 14.7. The molecular weight excluding hydrogens is 451 g/mol. The third-order valence-corrected chi connectivity index (χ3v) is 6.81. The molecule has 2 aliphatic heterocycles. The number of rotatable bonds is 6. The monoisotopic (exact) mass is 478 g/mol. The van der Waals surface area contributed by atoms with E-state index in [1.54, 1.807) is 23.1 Å². The van der Waals surface area contributed by atoms with Gasteiger partial charge in [0.1, 0.15) is 29.8 Å². The van der Waals surface area contributed by atoms with Gasteiger partial charge in [-0.05, 0) is 75.2 Å². The number of aliphatic hydroxyl groups is 1. The summed E-state index contributed by atoms with van der Waals surface area (Å²) in [5, 5.41) is 15.1. The zero-order valence-electron chi connectivity index (χ0n) is 17.9. The van der Waals surface area contributed by atoms with Crippen LogP contribution in [0, 0.1) is 0 Å². The maximum absolute atomic E-state index is 12.9. The first-order valence-corrected chi connectivity index (χ1v) is 11.7. The van der Waals surface area contributed by atoms with Crippen LogP contribution >= 0.6 is 23.2 Å². The van der Waals surface area contributed by atoms with Crippen molar-refractivity contribution in [3.8, 4) is 11.5 Å². The number of piperidine rings is 2. The molecule has 0 saturated carbocycles. The van der Waals surface area contributed by atoms with Gasteiger partial charge in [0.25, 0.3) is 5.91 Å². The van der Waals surface area contributed by atoms with Crippen LogP contribution in [-0.4, -0.2) is 60.4 Å². The second-order valence-electron chi connectivity index (χ2n) is 8.47. The molecule has 0 unspecified atom stereocenters. The third kappa shape index (κ3) is 5.87. The van der Waals surface area contributed by atoms with E-state index in [2.05, 4.69) is 5.32 Å². The molecular formula is C24H28Cl2N2O4. The predicted molar refractivity (Wildman–Crippen MR) is 125 cm³/mol. The highest BCUT2D eigenvalue weighted by atomic mass is 35.5. The fourth-order valence-corrected chi connectivity index (χ4v) is 4.31. The fourth-order valence-electron chi connectivity index (χ4n) is 4.02. The lowest BCUT2D eigenvalue weighted by Crippen LogP contribution is -2.49. The minimum absolute atomic E-state index is 0.0362. The molecule has 0 bridgehead atoms. The first-order valence-electron chi connectivity index (χ1n) is 11.0. The molecule has 2 aromatic rings. The molecule has 6 nitrogen and oxygen atoms in total. The molecule has 2 aliphatic rings. The number of ether oxygens (including phenoxy) is 2. The summed E-state index contributed by atoms with van der Waals surface area (Å²) in [6.07, 6.45) is 3.09. The van der Waals surface area contributed by atoms with Crippen molar-refractivity contribution in [1.29, 1.82) is 0 Å². The molecule has 2 N–H and O–H groups in total. The maximum atomic E-state index is 12.9. The molecule has 2 aromatic carbocycles. The lowest BCUT2D eigenvalue weighted by Gasteiger charge is -2.38. The van der Waals surface area contributed by atoms with Crippen molar-refractivity contribution >= 4 is 29.1 Å². The van der Waals surface area contributed by atoms with Crippen LogP contribution in [0.4, 0.5) is 0 Å². The number of benzene rings is 2. The topological polar surface area (TPSA) is 71.0 Å².